The molecule has 0 amide bonds. The number of ketones is 1. The summed E-state index contributed by atoms with van der Waals surface area (Å²) < 4.78 is 10.7. The highest BCUT2D eigenvalue weighted by Gasteiger charge is 2.37. The van der Waals surface area contributed by atoms with Crippen LogP contribution in [-0.4, -0.2) is 25.5 Å². The van der Waals surface area contributed by atoms with Crippen molar-refractivity contribution in [3.8, 4) is 5.75 Å². The minimum atomic E-state index is -0.759. The number of methoxy groups -OCH3 is 1. The summed E-state index contributed by atoms with van der Waals surface area (Å²) in [6, 6.07) is 7.57. The van der Waals surface area contributed by atoms with E-state index >= 15 is 0 Å². The first kappa shape index (κ1) is 21.4. The van der Waals surface area contributed by atoms with Crippen molar-refractivity contribution in [1.29, 1.82) is 0 Å². The summed E-state index contributed by atoms with van der Waals surface area (Å²) in [7, 11) is 1.61. The maximum Gasteiger partial charge on any atom is 0.316 e. The lowest BCUT2D eigenvalue weighted by molar-refractivity contribution is -0.153. The largest absolute Gasteiger partial charge is 0.496 e. The molecule has 3 rings (SSSR count). The summed E-state index contributed by atoms with van der Waals surface area (Å²) in [5.74, 6) is 0.734. The SMILES string of the molecule is CCOC(=O)C(Cc1ccccc1OC)C(=O)[C@H]1CC[C@H](C2C=CC=CC2)CC1. The predicted molar refractivity (Wildman–Crippen MR) is 114 cm³/mol. The second kappa shape index (κ2) is 10.4. The van der Waals surface area contributed by atoms with E-state index in [1.54, 1.807) is 14.0 Å². The van der Waals surface area contributed by atoms with Gasteiger partial charge in [0.25, 0.3) is 0 Å². The summed E-state index contributed by atoms with van der Waals surface area (Å²) in [4.78, 5) is 26.0. The Kier molecular flexibility index (Phi) is 7.68. The highest BCUT2D eigenvalue weighted by Crippen LogP contribution is 2.38. The van der Waals surface area contributed by atoms with E-state index in [1.165, 1.54) is 0 Å². The fraction of sp³-hybridized carbons (Fsp3) is 0.520. The quantitative estimate of drug-likeness (QED) is 0.462. The molecule has 0 heterocycles. The Labute approximate surface area is 174 Å². The van der Waals surface area contributed by atoms with Crippen molar-refractivity contribution in [3.05, 3.63) is 54.1 Å². The van der Waals surface area contributed by atoms with E-state index in [1.807, 2.05) is 24.3 Å². The summed E-state index contributed by atoms with van der Waals surface area (Å²) in [5.41, 5.74) is 0.870. The average molecular weight is 397 g/mol. The molecule has 1 saturated carbocycles. The molecule has 2 unspecified atom stereocenters. The minimum absolute atomic E-state index is 0.0342. The van der Waals surface area contributed by atoms with E-state index in [0.717, 1.165) is 37.7 Å². The van der Waals surface area contributed by atoms with E-state index in [2.05, 4.69) is 24.3 Å². The van der Waals surface area contributed by atoms with Gasteiger partial charge in [-0.25, -0.2) is 0 Å². The number of carbonyl (C=O) groups excluding carboxylic acids is 2. The molecule has 4 nitrogen and oxygen atoms in total. The number of esters is 1. The Balaban J connectivity index is 1.67. The summed E-state index contributed by atoms with van der Waals surface area (Å²) in [6.07, 6.45) is 14.0. The number of hydrogen-bond donors (Lipinski definition) is 0. The van der Waals surface area contributed by atoms with Crippen LogP contribution < -0.4 is 4.74 Å². The van der Waals surface area contributed by atoms with Gasteiger partial charge in [0.1, 0.15) is 11.7 Å². The Morgan fingerprint density at radius 2 is 1.86 bits per heavy atom. The van der Waals surface area contributed by atoms with Crippen LogP contribution in [0.15, 0.2) is 48.6 Å². The highest BCUT2D eigenvalue weighted by molar-refractivity contribution is 6.00. The maximum absolute atomic E-state index is 13.3. The number of carbonyl (C=O) groups is 2. The zero-order valence-corrected chi connectivity index (χ0v) is 17.5. The van der Waals surface area contributed by atoms with E-state index in [0.29, 0.717) is 24.0 Å². The van der Waals surface area contributed by atoms with Crippen molar-refractivity contribution in [2.75, 3.05) is 13.7 Å². The number of allylic oxidation sites excluding steroid dienone is 4. The van der Waals surface area contributed by atoms with Crippen LogP contribution in [0, 0.1) is 23.7 Å². The van der Waals surface area contributed by atoms with Gasteiger partial charge in [0.05, 0.1) is 13.7 Å². The van der Waals surface area contributed by atoms with Gasteiger partial charge in [-0.3, -0.25) is 9.59 Å². The second-order valence-corrected chi connectivity index (χ2v) is 8.05. The van der Waals surface area contributed by atoms with E-state index < -0.39 is 11.9 Å². The number of hydrogen-bond acceptors (Lipinski definition) is 4. The normalized spacial score (nSPS) is 24.7. The highest BCUT2D eigenvalue weighted by atomic mass is 16.5. The third kappa shape index (κ3) is 5.37. The molecule has 4 heteroatoms. The van der Waals surface area contributed by atoms with Crippen molar-refractivity contribution in [1.82, 2.24) is 0 Å². The first-order valence-electron chi connectivity index (χ1n) is 10.8. The fourth-order valence-electron chi connectivity index (χ4n) is 4.70. The van der Waals surface area contributed by atoms with Gasteiger partial charge >= 0.3 is 5.97 Å². The lowest BCUT2D eigenvalue weighted by atomic mass is 9.71. The molecular formula is C25H32O4. The molecule has 1 fully saturated rings. The molecule has 0 radical (unpaired) electrons. The third-order valence-electron chi connectivity index (χ3n) is 6.32. The van der Waals surface area contributed by atoms with E-state index in [-0.39, 0.29) is 18.3 Å². The van der Waals surface area contributed by atoms with Crippen LogP contribution in [0.1, 0.15) is 44.6 Å². The number of para-hydroxylation sites is 1. The average Bonchev–Trinajstić information content (AvgIpc) is 2.78. The van der Waals surface area contributed by atoms with E-state index in [4.69, 9.17) is 9.47 Å². The minimum Gasteiger partial charge on any atom is -0.496 e. The molecule has 1 aromatic rings. The molecule has 0 aromatic heterocycles. The van der Waals surface area contributed by atoms with Crippen LogP contribution in [0.3, 0.4) is 0 Å². The maximum atomic E-state index is 13.3. The Morgan fingerprint density at radius 3 is 2.52 bits per heavy atom. The van der Waals surface area contributed by atoms with Crippen LogP contribution in [0.2, 0.25) is 0 Å². The number of ether oxygens (including phenoxy) is 2. The van der Waals surface area contributed by atoms with Crippen LogP contribution in [0.5, 0.6) is 5.75 Å². The van der Waals surface area contributed by atoms with Crippen LogP contribution >= 0.6 is 0 Å². The van der Waals surface area contributed by atoms with Gasteiger partial charge in [-0.05, 0) is 68.9 Å². The van der Waals surface area contributed by atoms with Gasteiger partial charge < -0.3 is 9.47 Å². The number of benzene rings is 1. The molecule has 2 aliphatic rings. The third-order valence-corrected chi connectivity index (χ3v) is 6.32. The predicted octanol–water partition coefficient (Wildman–Crippen LogP) is 4.92. The van der Waals surface area contributed by atoms with E-state index in [9.17, 15) is 9.59 Å². The summed E-state index contributed by atoms with van der Waals surface area (Å²) in [6.45, 7) is 2.06. The van der Waals surface area contributed by atoms with Crippen LogP contribution in [0.4, 0.5) is 0 Å². The van der Waals surface area contributed by atoms with Crippen molar-refractivity contribution < 1.29 is 19.1 Å². The Bertz CT molecular complexity index is 756. The second-order valence-electron chi connectivity index (χ2n) is 8.05. The summed E-state index contributed by atoms with van der Waals surface area (Å²) in [5, 5.41) is 0. The monoisotopic (exact) mass is 396 g/mol. The topological polar surface area (TPSA) is 52.6 Å². The van der Waals surface area contributed by atoms with Crippen molar-refractivity contribution in [2.45, 2.75) is 45.4 Å². The lowest BCUT2D eigenvalue weighted by Crippen LogP contribution is -2.35. The zero-order chi connectivity index (χ0) is 20.6. The van der Waals surface area contributed by atoms with Gasteiger partial charge in [-0.1, -0.05) is 42.5 Å². The fourth-order valence-corrected chi connectivity index (χ4v) is 4.70. The molecule has 0 N–H and O–H groups in total. The molecule has 0 saturated heterocycles. The van der Waals surface area contributed by atoms with Gasteiger partial charge in [0.2, 0.25) is 0 Å². The Hall–Kier alpha value is -2.36. The summed E-state index contributed by atoms with van der Waals surface area (Å²) >= 11 is 0. The molecule has 0 bridgehead atoms. The van der Waals surface area contributed by atoms with Crippen molar-refractivity contribution in [3.63, 3.8) is 0 Å². The van der Waals surface area contributed by atoms with Crippen LogP contribution in [0.25, 0.3) is 0 Å². The van der Waals surface area contributed by atoms with Gasteiger partial charge in [-0.15, -0.1) is 0 Å². The molecule has 0 aliphatic heterocycles. The van der Waals surface area contributed by atoms with Crippen molar-refractivity contribution in [2.24, 2.45) is 23.7 Å². The zero-order valence-electron chi connectivity index (χ0n) is 17.5. The number of Topliss-reactive ketones (excluding diaryl/α,β-unsaturated/α-hetero) is 1. The first-order chi connectivity index (χ1) is 14.1. The van der Waals surface area contributed by atoms with Crippen LogP contribution in [-0.2, 0) is 20.7 Å². The standard InChI is InChI=1S/C25H32O4/c1-3-29-25(27)22(17-21-11-7-8-12-23(21)28-2)24(26)20-15-13-19(14-16-20)18-9-5-4-6-10-18/h4-9,11-12,18-20,22H,3,10,13-17H2,1-2H3/t18?,19-,20-,22?. The van der Waals surface area contributed by atoms with Gasteiger partial charge in [0.15, 0.2) is 5.78 Å². The first-order valence-corrected chi connectivity index (χ1v) is 10.8. The molecule has 29 heavy (non-hydrogen) atoms. The molecule has 2 atom stereocenters. The molecule has 0 spiro atoms. The molecule has 2 aliphatic carbocycles. The molecule has 1 aromatic carbocycles. The number of rotatable bonds is 8. The smallest absolute Gasteiger partial charge is 0.316 e. The van der Waals surface area contributed by atoms with Gasteiger partial charge in [-0.2, -0.15) is 0 Å². The lowest BCUT2D eigenvalue weighted by Gasteiger charge is -2.33. The molecule has 156 valence electrons. The Morgan fingerprint density at radius 1 is 1.10 bits per heavy atom. The van der Waals surface area contributed by atoms with Crippen molar-refractivity contribution >= 4 is 11.8 Å². The molecular weight excluding hydrogens is 364 g/mol. The van der Waals surface area contributed by atoms with Gasteiger partial charge in [0, 0.05) is 5.92 Å².